The fraction of sp³-hybridized carbons (Fsp3) is 0.179. The number of unbranched alkanes of at least 4 members (excludes halogenated alkanes) is 1. The number of ether oxygens (including phenoxy) is 3. The highest BCUT2D eigenvalue weighted by molar-refractivity contribution is 7.21. The van der Waals surface area contributed by atoms with Crippen LogP contribution in [-0.4, -0.2) is 31.3 Å². The Labute approximate surface area is 223 Å². The number of hydrogen-bond acceptors (Lipinski definition) is 7. The Morgan fingerprint density at radius 2 is 1.73 bits per heavy atom. The fourth-order valence-electron chi connectivity index (χ4n) is 3.28. The number of nitrogens with one attached hydrogen (secondary N) is 1. The second-order valence-corrected chi connectivity index (χ2v) is 9.39. The largest absolute Gasteiger partial charge is 0.494 e. The van der Waals surface area contributed by atoms with Gasteiger partial charge >= 0.3 is 5.97 Å². The van der Waals surface area contributed by atoms with E-state index in [1.807, 2.05) is 24.3 Å². The molecule has 0 saturated heterocycles. The molecule has 0 fully saturated rings. The van der Waals surface area contributed by atoms with Crippen molar-refractivity contribution in [2.45, 2.75) is 19.8 Å². The minimum atomic E-state index is -0.536. The molecule has 9 heteroatoms. The van der Waals surface area contributed by atoms with Gasteiger partial charge in [-0.25, -0.2) is 10.2 Å². The van der Waals surface area contributed by atoms with Gasteiger partial charge in [0, 0.05) is 10.1 Å². The van der Waals surface area contributed by atoms with Gasteiger partial charge in [0.25, 0.3) is 5.91 Å². The van der Waals surface area contributed by atoms with Crippen LogP contribution >= 0.6 is 22.9 Å². The summed E-state index contributed by atoms with van der Waals surface area (Å²) in [5.74, 6) is 0.692. The molecule has 1 N–H and O–H groups in total. The standard InChI is InChI=1S/C28H25ClN2O5S/c1-2-3-15-34-20-11-13-21(14-12-20)35-18-25(32)31-30-17-19-7-6-8-22(16-19)36-28(33)27-26(29)23-9-4-5-10-24(23)37-27/h4-14,16-17H,2-3,15,18H2,1H3,(H,31,32)/b30-17-. The van der Waals surface area contributed by atoms with Gasteiger partial charge in [0.2, 0.25) is 0 Å². The lowest BCUT2D eigenvalue weighted by molar-refractivity contribution is -0.123. The van der Waals surface area contributed by atoms with Crippen LogP contribution in [0, 0.1) is 0 Å². The first-order valence-corrected chi connectivity index (χ1v) is 12.9. The summed E-state index contributed by atoms with van der Waals surface area (Å²) in [4.78, 5) is 25.1. The Morgan fingerprint density at radius 1 is 0.973 bits per heavy atom. The number of thiophene rings is 1. The van der Waals surface area contributed by atoms with Crippen LogP contribution in [0.4, 0.5) is 0 Å². The first kappa shape index (κ1) is 26.2. The Balaban J connectivity index is 1.26. The molecule has 0 unspecified atom stereocenters. The Bertz CT molecular complexity index is 1400. The van der Waals surface area contributed by atoms with Crippen molar-refractivity contribution in [3.8, 4) is 17.2 Å². The van der Waals surface area contributed by atoms with E-state index in [0.29, 0.717) is 33.6 Å². The summed E-state index contributed by atoms with van der Waals surface area (Å²) >= 11 is 7.66. The average molecular weight is 537 g/mol. The summed E-state index contributed by atoms with van der Waals surface area (Å²) in [5, 5.41) is 5.14. The van der Waals surface area contributed by atoms with Gasteiger partial charge in [-0.1, -0.05) is 55.3 Å². The zero-order chi connectivity index (χ0) is 26.0. The van der Waals surface area contributed by atoms with E-state index in [4.69, 9.17) is 25.8 Å². The number of rotatable bonds is 11. The van der Waals surface area contributed by atoms with Crippen LogP contribution in [0.2, 0.25) is 5.02 Å². The van der Waals surface area contributed by atoms with Gasteiger partial charge < -0.3 is 14.2 Å². The number of esters is 1. The van der Waals surface area contributed by atoms with E-state index in [0.717, 1.165) is 28.7 Å². The van der Waals surface area contributed by atoms with Crippen LogP contribution < -0.4 is 19.6 Å². The van der Waals surface area contributed by atoms with E-state index in [9.17, 15) is 9.59 Å². The zero-order valence-electron chi connectivity index (χ0n) is 20.1. The molecule has 4 aromatic rings. The van der Waals surface area contributed by atoms with Crippen LogP contribution in [0.3, 0.4) is 0 Å². The van der Waals surface area contributed by atoms with Crippen molar-refractivity contribution >= 4 is 51.1 Å². The maximum Gasteiger partial charge on any atom is 0.355 e. The third-order valence-electron chi connectivity index (χ3n) is 5.15. The van der Waals surface area contributed by atoms with E-state index in [2.05, 4.69) is 17.5 Å². The highest BCUT2D eigenvalue weighted by atomic mass is 35.5. The first-order valence-electron chi connectivity index (χ1n) is 11.7. The van der Waals surface area contributed by atoms with Gasteiger partial charge in [-0.15, -0.1) is 11.3 Å². The van der Waals surface area contributed by atoms with Crippen molar-refractivity contribution in [2.24, 2.45) is 5.10 Å². The summed E-state index contributed by atoms with van der Waals surface area (Å²) in [6.07, 6.45) is 3.51. The van der Waals surface area contributed by atoms with E-state index in [-0.39, 0.29) is 6.61 Å². The first-order chi connectivity index (χ1) is 18.0. The normalized spacial score (nSPS) is 11.0. The number of hydrazone groups is 1. The van der Waals surface area contributed by atoms with Gasteiger partial charge in [-0.2, -0.15) is 5.10 Å². The monoisotopic (exact) mass is 536 g/mol. The van der Waals surface area contributed by atoms with E-state index >= 15 is 0 Å². The van der Waals surface area contributed by atoms with Crippen molar-refractivity contribution in [1.82, 2.24) is 5.43 Å². The molecular formula is C28H25ClN2O5S. The quantitative estimate of drug-likeness (QED) is 0.0779. The summed E-state index contributed by atoms with van der Waals surface area (Å²) in [7, 11) is 0. The number of fused-ring (bicyclic) bond motifs is 1. The molecule has 7 nitrogen and oxygen atoms in total. The molecule has 1 heterocycles. The van der Waals surface area contributed by atoms with Crippen molar-refractivity contribution < 1.29 is 23.8 Å². The lowest BCUT2D eigenvalue weighted by atomic mass is 10.2. The van der Waals surface area contributed by atoms with Gasteiger partial charge in [-0.3, -0.25) is 4.79 Å². The highest BCUT2D eigenvalue weighted by Crippen LogP contribution is 2.35. The molecule has 1 amide bonds. The minimum absolute atomic E-state index is 0.193. The Hall–Kier alpha value is -3.88. The lowest BCUT2D eigenvalue weighted by Crippen LogP contribution is -2.24. The number of nitrogens with zero attached hydrogens (tertiary/aromatic N) is 1. The molecule has 0 radical (unpaired) electrons. The summed E-state index contributed by atoms with van der Waals surface area (Å²) in [6, 6.07) is 21.4. The molecule has 0 spiro atoms. The molecule has 0 bridgehead atoms. The van der Waals surface area contributed by atoms with Crippen LogP contribution in [0.5, 0.6) is 17.2 Å². The smallest absolute Gasteiger partial charge is 0.355 e. The van der Waals surface area contributed by atoms with Crippen molar-refractivity contribution in [3.05, 3.63) is 88.3 Å². The highest BCUT2D eigenvalue weighted by Gasteiger charge is 2.19. The molecule has 4 rings (SSSR count). The van der Waals surface area contributed by atoms with Crippen LogP contribution in [0.1, 0.15) is 35.0 Å². The van der Waals surface area contributed by atoms with Crippen LogP contribution in [-0.2, 0) is 4.79 Å². The predicted octanol–water partition coefficient (Wildman–Crippen LogP) is 6.48. The van der Waals surface area contributed by atoms with Crippen molar-refractivity contribution in [2.75, 3.05) is 13.2 Å². The number of carbonyl (C=O) groups is 2. The second kappa shape index (κ2) is 12.9. The van der Waals surface area contributed by atoms with Crippen molar-refractivity contribution in [1.29, 1.82) is 0 Å². The fourth-order valence-corrected chi connectivity index (χ4v) is 4.67. The summed E-state index contributed by atoms with van der Waals surface area (Å²) < 4.78 is 17.5. The van der Waals surface area contributed by atoms with Crippen molar-refractivity contribution in [3.63, 3.8) is 0 Å². The average Bonchev–Trinajstić information content (AvgIpc) is 3.25. The van der Waals surface area contributed by atoms with Gasteiger partial charge in [-0.05, 0) is 54.4 Å². The van der Waals surface area contributed by atoms with Gasteiger partial charge in [0.05, 0.1) is 17.8 Å². The lowest BCUT2D eigenvalue weighted by Gasteiger charge is -2.08. The molecule has 3 aromatic carbocycles. The van der Waals surface area contributed by atoms with E-state index in [1.165, 1.54) is 17.6 Å². The maximum atomic E-state index is 12.7. The van der Waals surface area contributed by atoms with E-state index in [1.54, 1.807) is 48.5 Å². The maximum absolute atomic E-state index is 12.7. The predicted molar refractivity (Wildman–Crippen MR) is 146 cm³/mol. The number of carbonyl (C=O) groups excluding carboxylic acids is 2. The zero-order valence-corrected chi connectivity index (χ0v) is 21.7. The number of benzene rings is 3. The third kappa shape index (κ3) is 7.31. The molecule has 0 saturated carbocycles. The molecule has 0 aliphatic rings. The van der Waals surface area contributed by atoms with Gasteiger partial charge in [0.15, 0.2) is 6.61 Å². The number of hydrogen-bond donors (Lipinski definition) is 1. The molecule has 0 aliphatic carbocycles. The van der Waals surface area contributed by atoms with Crippen LogP contribution in [0.15, 0.2) is 77.9 Å². The second-order valence-electron chi connectivity index (χ2n) is 7.96. The number of halogens is 1. The topological polar surface area (TPSA) is 86.2 Å². The molecule has 37 heavy (non-hydrogen) atoms. The number of amides is 1. The Kier molecular flexibility index (Phi) is 9.13. The van der Waals surface area contributed by atoms with Gasteiger partial charge in [0.1, 0.15) is 22.1 Å². The summed E-state index contributed by atoms with van der Waals surface area (Å²) in [6.45, 7) is 2.58. The molecule has 0 aliphatic heterocycles. The van der Waals surface area contributed by atoms with E-state index < -0.39 is 11.9 Å². The summed E-state index contributed by atoms with van der Waals surface area (Å²) in [5.41, 5.74) is 3.04. The third-order valence-corrected chi connectivity index (χ3v) is 6.81. The molecule has 1 aromatic heterocycles. The minimum Gasteiger partial charge on any atom is -0.494 e. The molecule has 190 valence electrons. The molecule has 0 atom stereocenters. The van der Waals surface area contributed by atoms with Crippen LogP contribution in [0.25, 0.3) is 10.1 Å². The SMILES string of the molecule is CCCCOc1ccc(OCC(=O)N/N=C\c2cccc(OC(=O)c3sc4ccccc4c3Cl)c2)cc1. The molecular weight excluding hydrogens is 512 g/mol. The Morgan fingerprint density at radius 3 is 2.49 bits per heavy atom.